The maximum Gasteiger partial charge on any atom is 0.268 e. The molecule has 0 amide bonds. The Morgan fingerprint density at radius 2 is 1.94 bits per heavy atom. The van der Waals surface area contributed by atoms with Crippen molar-refractivity contribution in [3.05, 3.63) is 52.5 Å². The highest BCUT2D eigenvalue weighted by molar-refractivity contribution is 6.31. The second kappa shape index (κ2) is 7.31. The van der Waals surface area contributed by atoms with Gasteiger partial charge in [-0.1, -0.05) is 11.6 Å². The summed E-state index contributed by atoms with van der Waals surface area (Å²) in [5.74, 6) is 0.854. The second-order valence-electron chi connectivity index (χ2n) is 7.36. The number of fused-ring (bicyclic) bond motifs is 1. The van der Waals surface area contributed by atoms with E-state index in [9.17, 15) is 0 Å². The van der Waals surface area contributed by atoms with Crippen LogP contribution in [0.3, 0.4) is 0 Å². The topological polar surface area (TPSA) is 105 Å². The quantitative estimate of drug-likeness (QED) is 0.415. The summed E-state index contributed by atoms with van der Waals surface area (Å²) in [6, 6.07) is 3.74. The zero-order chi connectivity index (χ0) is 21.7. The molecule has 0 saturated carbocycles. The van der Waals surface area contributed by atoms with Crippen molar-refractivity contribution in [2.24, 2.45) is 7.05 Å². The molecule has 0 N–H and O–H groups in total. The molecule has 0 radical (unpaired) electrons. The van der Waals surface area contributed by atoms with Crippen molar-refractivity contribution in [2.45, 2.75) is 33.7 Å². The van der Waals surface area contributed by atoms with Crippen LogP contribution in [0.2, 0.25) is 5.02 Å². The number of rotatable bonds is 5. The van der Waals surface area contributed by atoms with E-state index in [-0.39, 0.29) is 0 Å². The van der Waals surface area contributed by atoms with E-state index in [0.29, 0.717) is 41.1 Å². The van der Waals surface area contributed by atoms with E-state index in [2.05, 4.69) is 30.5 Å². The fraction of sp³-hybridized carbons (Fsp3) is 0.300. The lowest BCUT2D eigenvalue weighted by Crippen LogP contribution is -2.05. The molecule has 5 rings (SSSR count). The summed E-state index contributed by atoms with van der Waals surface area (Å²) >= 11 is 6.21. The van der Waals surface area contributed by atoms with Crippen LogP contribution in [0.25, 0.3) is 28.5 Å². The van der Waals surface area contributed by atoms with Crippen LogP contribution >= 0.6 is 11.6 Å². The highest BCUT2D eigenvalue weighted by atomic mass is 35.5. The number of halogens is 1. The first-order valence-corrected chi connectivity index (χ1v) is 10.2. The molecule has 0 aliphatic carbocycles. The Balaban J connectivity index is 1.43. The lowest BCUT2D eigenvalue weighted by molar-refractivity contribution is 0.470. The number of hydrogen-bond acceptors (Lipinski definition) is 7. The van der Waals surface area contributed by atoms with E-state index in [1.165, 1.54) is 0 Å². The third kappa shape index (κ3) is 3.28. The van der Waals surface area contributed by atoms with Crippen LogP contribution in [0.4, 0.5) is 0 Å². The molecule has 5 heterocycles. The first kappa shape index (κ1) is 19.4. The zero-order valence-electron chi connectivity index (χ0n) is 17.5. The van der Waals surface area contributed by atoms with E-state index in [0.717, 1.165) is 28.3 Å². The molecule has 0 aliphatic rings. The summed E-state index contributed by atoms with van der Waals surface area (Å²) in [4.78, 5) is 4.41. The van der Waals surface area contributed by atoms with Crippen molar-refractivity contribution >= 4 is 17.2 Å². The standard InChI is InChI=1S/C20H20ClN9O/c1-11-19(21)13(3)29(26-11)8-6-18-24-25-20(31-18)15-9-17-22-7-5-16(30(17)27-15)14-10-23-28(4)12(14)2/h5,7,9-10H,6,8H2,1-4H3. The van der Waals surface area contributed by atoms with E-state index in [1.807, 2.05) is 55.5 Å². The van der Waals surface area contributed by atoms with Crippen molar-refractivity contribution in [2.75, 3.05) is 0 Å². The van der Waals surface area contributed by atoms with Gasteiger partial charge in [-0.3, -0.25) is 9.36 Å². The van der Waals surface area contributed by atoms with Crippen LogP contribution < -0.4 is 0 Å². The molecule has 11 heteroatoms. The summed E-state index contributed by atoms with van der Waals surface area (Å²) < 4.78 is 11.3. The summed E-state index contributed by atoms with van der Waals surface area (Å²) in [5.41, 5.74) is 5.89. The Hall–Kier alpha value is -3.53. The molecule has 0 spiro atoms. The first-order valence-electron chi connectivity index (χ1n) is 9.78. The van der Waals surface area contributed by atoms with Crippen LogP contribution in [-0.4, -0.2) is 44.4 Å². The fourth-order valence-electron chi connectivity index (χ4n) is 3.51. The highest BCUT2D eigenvalue weighted by Crippen LogP contribution is 2.25. The van der Waals surface area contributed by atoms with Gasteiger partial charge in [0.25, 0.3) is 5.89 Å². The van der Waals surface area contributed by atoms with E-state index in [1.54, 1.807) is 10.7 Å². The number of nitrogens with zero attached hydrogens (tertiary/aromatic N) is 9. The van der Waals surface area contributed by atoms with Gasteiger partial charge in [0.1, 0.15) is 0 Å². The van der Waals surface area contributed by atoms with Gasteiger partial charge in [0.2, 0.25) is 5.89 Å². The predicted molar refractivity (Wildman–Crippen MR) is 114 cm³/mol. The van der Waals surface area contributed by atoms with E-state index < -0.39 is 0 Å². The van der Waals surface area contributed by atoms with Gasteiger partial charge in [0.15, 0.2) is 11.3 Å². The molecule has 0 atom stereocenters. The molecule has 5 aromatic rings. The van der Waals surface area contributed by atoms with Gasteiger partial charge in [-0.25, -0.2) is 9.50 Å². The summed E-state index contributed by atoms with van der Waals surface area (Å²) in [5, 5.41) is 22.4. The minimum Gasteiger partial charge on any atom is -0.419 e. The summed E-state index contributed by atoms with van der Waals surface area (Å²) in [7, 11) is 1.91. The monoisotopic (exact) mass is 437 g/mol. The van der Waals surface area contributed by atoms with Gasteiger partial charge < -0.3 is 4.42 Å². The Morgan fingerprint density at radius 3 is 2.65 bits per heavy atom. The molecule has 0 saturated heterocycles. The SMILES string of the molecule is Cc1nn(CCc2nnc(-c3cc4nccc(-c5cnn(C)c5C)n4n3)o2)c(C)c1Cl. The average Bonchev–Trinajstić information content (AvgIpc) is 3.52. The average molecular weight is 438 g/mol. The maximum atomic E-state index is 6.21. The number of hydrogen-bond donors (Lipinski definition) is 0. The van der Waals surface area contributed by atoms with Crippen molar-refractivity contribution in [1.29, 1.82) is 0 Å². The number of aryl methyl sites for hydroxylation is 4. The molecular formula is C20H20ClN9O. The normalized spacial score (nSPS) is 11.6. The van der Waals surface area contributed by atoms with Crippen LogP contribution in [0, 0.1) is 20.8 Å². The van der Waals surface area contributed by atoms with Gasteiger partial charge >= 0.3 is 0 Å². The molecular weight excluding hydrogens is 418 g/mol. The van der Waals surface area contributed by atoms with Crippen LogP contribution in [0.15, 0.2) is 28.9 Å². The molecule has 0 aliphatic heterocycles. The van der Waals surface area contributed by atoms with E-state index in [4.69, 9.17) is 16.0 Å². The van der Waals surface area contributed by atoms with Crippen molar-refractivity contribution in [3.8, 4) is 22.8 Å². The lowest BCUT2D eigenvalue weighted by atomic mass is 10.2. The molecule has 0 unspecified atom stereocenters. The molecule has 10 nitrogen and oxygen atoms in total. The minimum atomic E-state index is 0.348. The van der Waals surface area contributed by atoms with Crippen molar-refractivity contribution in [1.82, 2.24) is 44.4 Å². The van der Waals surface area contributed by atoms with Gasteiger partial charge in [0.05, 0.1) is 28.3 Å². The Bertz CT molecular complexity index is 1410. The molecule has 5 aromatic heterocycles. The number of aromatic nitrogens is 9. The first-order chi connectivity index (χ1) is 14.9. The summed E-state index contributed by atoms with van der Waals surface area (Å²) in [6.45, 7) is 6.43. The van der Waals surface area contributed by atoms with Gasteiger partial charge in [-0.15, -0.1) is 10.2 Å². The third-order valence-electron chi connectivity index (χ3n) is 5.39. The minimum absolute atomic E-state index is 0.348. The van der Waals surface area contributed by atoms with Gasteiger partial charge in [-0.2, -0.15) is 15.3 Å². The summed E-state index contributed by atoms with van der Waals surface area (Å²) in [6.07, 6.45) is 4.11. The predicted octanol–water partition coefficient (Wildman–Crippen LogP) is 3.20. The van der Waals surface area contributed by atoms with E-state index >= 15 is 0 Å². The maximum absolute atomic E-state index is 6.21. The highest BCUT2D eigenvalue weighted by Gasteiger charge is 2.17. The molecule has 31 heavy (non-hydrogen) atoms. The van der Waals surface area contributed by atoms with Crippen LogP contribution in [0.5, 0.6) is 0 Å². The third-order valence-corrected chi connectivity index (χ3v) is 5.93. The Kier molecular flexibility index (Phi) is 4.58. The van der Waals surface area contributed by atoms with Gasteiger partial charge in [-0.05, 0) is 26.8 Å². The lowest BCUT2D eigenvalue weighted by Gasteiger charge is -2.03. The molecule has 158 valence electrons. The Morgan fingerprint density at radius 1 is 1.10 bits per heavy atom. The van der Waals surface area contributed by atoms with Crippen molar-refractivity contribution < 1.29 is 4.42 Å². The smallest absolute Gasteiger partial charge is 0.268 e. The second-order valence-corrected chi connectivity index (χ2v) is 7.73. The van der Waals surface area contributed by atoms with Crippen LogP contribution in [-0.2, 0) is 20.0 Å². The zero-order valence-corrected chi connectivity index (χ0v) is 18.3. The molecule has 0 aromatic carbocycles. The molecule has 0 fully saturated rings. The largest absolute Gasteiger partial charge is 0.419 e. The Labute approximate surface area is 182 Å². The fourth-order valence-corrected chi connectivity index (χ4v) is 3.64. The van der Waals surface area contributed by atoms with Crippen LogP contribution in [0.1, 0.15) is 23.0 Å². The van der Waals surface area contributed by atoms with Gasteiger partial charge in [0, 0.05) is 43.5 Å². The molecule has 0 bridgehead atoms. The van der Waals surface area contributed by atoms with Crippen molar-refractivity contribution in [3.63, 3.8) is 0 Å².